The van der Waals surface area contributed by atoms with Crippen molar-refractivity contribution in [3.05, 3.63) is 11.6 Å². The Morgan fingerprint density at radius 3 is 2.42 bits per heavy atom. The van der Waals surface area contributed by atoms with Crippen molar-refractivity contribution in [2.75, 3.05) is 13.2 Å². The Morgan fingerprint density at radius 2 is 1.89 bits per heavy atom. The zero-order valence-corrected chi connectivity index (χ0v) is 11.9. The maximum atomic E-state index is 11.3. The average molecular weight is 287 g/mol. The molecule has 7 heteroatoms. The van der Waals surface area contributed by atoms with Gasteiger partial charge in [0.1, 0.15) is 0 Å². The van der Waals surface area contributed by atoms with E-state index in [4.69, 9.17) is 15.2 Å². The van der Waals surface area contributed by atoms with Crippen LogP contribution in [0.2, 0.25) is 0 Å². The predicted octanol–water partition coefficient (Wildman–Crippen LogP) is 1.40. The second kappa shape index (κ2) is 10.6. The summed E-state index contributed by atoms with van der Waals surface area (Å²) in [6.45, 7) is 3.91. The van der Waals surface area contributed by atoms with Crippen molar-refractivity contribution in [1.82, 2.24) is 0 Å². The van der Waals surface area contributed by atoms with Gasteiger partial charge < -0.3 is 0 Å². The van der Waals surface area contributed by atoms with Crippen LogP contribution in [0.4, 0.5) is 0 Å². The number of carbonyl (C=O) groups excluding carboxylic acids is 2. The molecule has 2 N–H and O–H groups in total. The molecule has 0 aliphatic heterocycles. The molecule has 0 aromatic rings. The van der Waals surface area contributed by atoms with E-state index in [0.29, 0.717) is 12.2 Å². The van der Waals surface area contributed by atoms with Crippen molar-refractivity contribution < 1.29 is 23.6 Å². The third-order valence-corrected chi connectivity index (χ3v) is 2.41. The Hall–Kier alpha value is -1.35. The topological polar surface area (TPSA) is 95.7 Å². The van der Waals surface area contributed by atoms with Crippen LogP contribution in [0, 0.1) is 5.63 Å². The Bertz CT molecular complexity index is 440. The summed E-state index contributed by atoms with van der Waals surface area (Å²) in [6, 6.07) is -0.966. The van der Waals surface area contributed by atoms with Gasteiger partial charge in [0.25, 0.3) is 0 Å². The standard InChI is InChI=1S/C12H18NO5P/c1-3-17-11(14)6-5-9(8-19-16)7-10(13)12(15)18-4-2/h7,10H,3-6,13H2,1-2H3/b9-7+. The quantitative estimate of drug-likeness (QED) is 0.561. The van der Waals surface area contributed by atoms with E-state index < -0.39 is 12.0 Å². The van der Waals surface area contributed by atoms with E-state index in [0.717, 1.165) is 0 Å². The van der Waals surface area contributed by atoms with Crippen LogP contribution in [0.3, 0.4) is 0 Å². The molecule has 19 heavy (non-hydrogen) atoms. The van der Waals surface area contributed by atoms with Gasteiger partial charge in [0.15, 0.2) is 0 Å². The van der Waals surface area contributed by atoms with E-state index in [-0.39, 0.29) is 33.3 Å². The number of rotatable bonds is 7. The molecular weight excluding hydrogens is 269 g/mol. The number of ether oxygens (including phenoxy) is 2. The molecule has 0 aromatic carbocycles. The van der Waals surface area contributed by atoms with Crippen LogP contribution in [0.1, 0.15) is 26.7 Å². The number of allylic oxidation sites excluding steroid dienone is 1. The normalized spacial score (nSPS) is 12.3. The first-order valence-corrected chi connectivity index (χ1v) is 6.73. The molecule has 106 valence electrons. The van der Waals surface area contributed by atoms with Gasteiger partial charge in [-0.25, -0.2) is 0 Å². The molecule has 0 aliphatic rings. The van der Waals surface area contributed by atoms with Crippen molar-refractivity contribution in [3.8, 4) is 5.63 Å². The Balaban J connectivity index is 4.61. The van der Waals surface area contributed by atoms with Crippen molar-refractivity contribution in [2.24, 2.45) is 5.73 Å². The van der Waals surface area contributed by atoms with Gasteiger partial charge >= 0.3 is 112 Å². The minimum absolute atomic E-state index is 0.109. The minimum atomic E-state index is -0.966. The van der Waals surface area contributed by atoms with Crippen LogP contribution in [-0.4, -0.2) is 31.2 Å². The third kappa shape index (κ3) is 8.38. The van der Waals surface area contributed by atoms with E-state index in [2.05, 4.69) is 5.63 Å². The molecule has 0 radical (unpaired) electrons. The summed E-state index contributed by atoms with van der Waals surface area (Å²) in [5.74, 6) is -0.956. The van der Waals surface area contributed by atoms with Gasteiger partial charge in [-0.2, -0.15) is 0 Å². The van der Waals surface area contributed by atoms with E-state index in [1.165, 1.54) is 6.08 Å². The van der Waals surface area contributed by atoms with E-state index >= 15 is 0 Å². The summed E-state index contributed by atoms with van der Waals surface area (Å²) in [4.78, 5) is 22.5. The molecule has 0 aromatic heterocycles. The molecule has 6 nitrogen and oxygen atoms in total. The molecule has 0 fully saturated rings. The maximum absolute atomic E-state index is 11.3. The number of nitrogens with two attached hydrogens (primary N) is 1. The molecule has 0 aliphatic carbocycles. The monoisotopic (exact) mass is 287 g/mol. The third-order valence-electron chi connectivity index (χ3n) is 2.03. The van der Waals surface area contributed by atoms with Crippen LogP contribution in [0.15, 0.2) is 11.6 Å². The first-order chi connectivity index (χ1) is 9.04. The molecule has 0 rings (SSSR count). The zero-order chi connectivity index (χ0) is 14.7. The van der Waals surface area contributed by atoms with Crippen molar-refractivity contribution in [2.45, 2.75) is 32.7 Å². The van der Waals surface area contributed by atoms with Gasteiger partial charge in [0.2, 0.25) is 0 Å². The molecule has 0 amide bonds. The summed E-state index contributed by atoms with van der Waals surface area (Å²) < 4.78 is 20.0. The number of carbonyl (C=O) groups is 2. The SMILES string of the molecule is CCOC(=O)CC/C(C#P=O)=C\C(N)C(=O)OCC. The zero-order valence-electron chi connectivity index (χ0n) is 11.0. The van der Waals surface area contributed by atoms with Gasteiger partial charge in [0.05, 0.1) is 0 Å². The summed E-state index contributed by atoms with van der Waals surface area (Å²) in [7, 11) is -0.339. The molecule has 0 spiro atoms. The molecule has 0 heterocycles. The van der Waals surface area contributed by atoms with Crippen LogP contribution in [0.5, 0.6) is 0 Å². The second-order valence-electron chi connectivity index (χ2n) is 3.48. The molecule has 0 bridgehead atoms. The second-order valence-corrected chi connectivity index (χ2v) is 3.88. The van der Waals surface area contributed by atoms with Crippen molar-refractivity contribution in [1.29, 1.82) is 0 Å². The van der Waals surface area contributed by atoms with Crippen LogP contribution < -0.4 is 5.73 Å². The number of esters is 2. The van der Waals surface area contributed by atoms with E-state index in [9.17, 15) is 14.2 Å². The molecule has 1 unspecified atom stereocenters. The van der Waals surface area contributed by atoms with Crippen LogP contribution in [0.25, 0.3) is 0 Å². The van der Waals surface area contributed by atoms with Gasteiger partial charge in [0, 0.05) is 0 Å². The van der Waals surface area contributed by atoms with Crippen LogP contribution >= 0.6 is 7.92 Å². The first kappa shape index (κ1) is 17.6. The predicted molar refractivity (Wildman–Crippen MR) is 70.1 cm³/mol. The summed E-state index contributed by atoms with van der Waals surface area (Å²) in [5, 5.41) is 0. The van der Waals surface area contributed by atoms with Gasteiger partial charge in [-0.05, 0) is 0 Å². The number of hydrogen-bond acceptors (Lipinski definition) is 6. The van der Waals surface area contributed by atoms with Gasteiger partial charge in [-0.1, -0.05) is 0 Å². The molecule has 0 saturated carbocycles. The Labute approximate surface area is 113 Å². The Kier molecular flexibility index (Phi) is 9.81. The fraction of sp³-hybridized carbons (Fsp3) is 0.583. The van der Waals surface area contributed by atoms with Crippen molar-refractivity contribution in [3.63, 3.8) is 0 Å². The van der Waals surface area contributed by atoms with Gasteiger partial charge in [-0.3, -0.25) is 0 Å². The number of hydrogen-bond donors (Lipinski definition) is 1. The van der Waals surface area contributed by atoms with E-state index in [1.807, 2.05) is 0 Å². The first-order valence-electron chi connectivity index (χ1n) is 5.92. The van der Waals surface area contributed by atoms with E-state index in [1.54, 1.807) is 13.8 Å². The molecule has 1 atom stereocenters. The van der Waals surface area contributed by atoms with Gasteiger partial charge in [-0.15, -0.1) is 0 Å². The Morgan fingerprint density at radius 1 is 1.26 bits per heavy atom. The average Bonchev–Trinajstić information content (AvgIpc) is 2.36. The fourth-order valence-electron chi connectivity index (χ4n) is 1.23. The molecular formula is C12H18NO5P. The van der Waals surface area contributed by atoms with Crippen molar-refractivity contribution >= 4 is 19.9 Å². The summed E-state index contributed by atoms with van der Waals surface area (Å²) >= 11 is 0. The molecule has 0 saturated heterocycles. The van der Waals surface area contributed by atoms with Crippen LogP contribution in [-0.2, 0) is 23.6 Å². The summed E-state index contributed by atoms with van der Waals surface area (Å²) in [5.41, 5.74) is 8.50. The summed E-state index contributed by atoms with van der Waals surface area (Å²) in [6.07, 6.45) is 1.74. The fourth-order valence-corrected chi connectivity index (χ4v) is 1.53.